The topological polar surface area (TPSA) is 70.2 Å². The van der Waals surface area contributed by atoms with E-state index in [1.165, 1.54) is 0 Å². The highest BCUT2D eigenvalue weighted by Crippen LogP contribution is 2.43. The first-order chi connectivity index (χ1) is 18.0. The predicted molar refractivity (Wildman–Crippen MR) is 147 cm³/mol. The molecule has 6 nitrogen and oxygen atoms in total. The van der Waals surface area contributed by atoms with Crippen LogP contribution in [-0.4, -0.2) is 47.2 Å². The average Bonchev–Trinajstić information content (AvgIpc) is 3.68. The molecule has 190 valence electrons. The SMILES string of the molecule is CN1CCC(Oc2ccc(-c3n[nH]c4ccc(C(=O)NC(c5ccccc5Cl)C5CC5)cc34)cc2)CC1. The second kappa shape index (κ2) is 10.2. The minimum Gasteiger partial charge on any atom is -0.490 e. The lowest BCUT2D eigenvalue weighted by Crippen LogP contribution is -2.35. The Bertz CT molecular complexity index is 1400. The Morgan fingerprint density at radius 2 is 1.81 bits per heavy atom. The number of amides is 1. The highest BCUT2D eigenvalue weighted by Gasteiger charge is 2.34. The van der Waals surface area contributed by atoms with Crippen molar-refractivity contribution in [3.8, 4) is 17.0 Å². The number of likely N-dealkylation sites (tertiary alicyclic amines) is 1. The van der Waals surface area contributed by atoms with Crippen LogP contribution in [0.2, 0.25) is 5.02 Å². The number of halogens is 1. The number of ether oxygens (including phenoxy) is 1. The first-order valence-electron chi connectivity index (χ1n) is 13.0. The van der Waals surface area contributed by atoms with Crippen LogP contribution in [0.25, 0.3) is 22.2 Å². The van der Waals surface area contributed by atoms with Gasteiger partial charge in [0.15, 0.2) is 0 Å². The van der Waals surface area contributed by atoms with Gasteiger partial charge in [0.25, 0.3) is 5.91 Å². The Morgan fingerprint density at radius 1 is 1.05 bits per heavy atom. The maximum atomic E-state index is 13.3. The van der Waals surface area contributed by atoms with E-state index in [0.29, 0.717) is 16.5 Å². The summed E-state index contributed by atoms with van der Waals surface area (Å²) in [7, 11) is 2.15. The van der Waals surface area contributed by atoms with Gasteiger partial charge in [-0.1, -0.05) is 29.8 Å². The number of nitrogens with zero attached hydrogens (tertiary/aromatic N) is 2. The van der Waals surface area contributed by atoms with Crippen molar-refractivity contribution in [3.63, 3.8) is 0 Å². The van der Waals surface area contributed by atoms with Gasteiger partial charge in [-0.25, -0.2) is 0 Å². The van der Waals surface area contributed by atoms with Crippen molar-refractivity contribution in [2.45, 2.75) is 37.8 Å². The van der Waals surface area contributed by atoms with Crippen LogP contribution in [-0.2, 0) is 0 Å². The minimum atomic E-state index is -0.104. The van der Waals surface area contributed by atoms with Crippen molar-refractivity contribution < 1.29 is 9.53 Å². The molecule has 2 fully saturated rings. The molecule has 1 atom stereocenters. The van der Waals surface area contributed by atoms with E-state index in [-0.39, 0.29) is 18.1 Å². The van der Waals surface area contributed by atoms with Gasteiger partial charge in [0, 0.05) is 34.6 Å². The monoisotopic (exact) mass is 514 g/mol. The van der Waals surface area contributed by atoms with Crippen LogP contribution in [0, 0.1) is 5.92 Å². The van der Waals surface area contributed by atoms with Crippen LogP contribution < -0.4 is 10.1 Å². The summed E-state index contributed by atoms with van der Waals surface area (Å²) in [6.07, 6.45) is 4.55. The van der Waals surface area contributed by atoms with Crippen LogP contribution in [0.15, 0.2) is 66.7 Å². The van der Waals surface area contributed by atoms with Crippen molar-refractivity contribution >= 4 is 28.4 Å². The molecule has 1 unspecified atom stereocenters. The lowest BCUT2D eigenvalue weighted by Gasteiger charge is -2.29. The Labute approximate surface area is 222 Å². The van der Waals surface area contributed by atoms with Crippen LogP contribution in [0.4, 0.5) is 0 Å². The van der Waals surface area contributed by atoms with Gasteiger partial charge in [-0.3, -0.25) is 9.89 Å². The Morgan fingerprint density at radius 3 is 2.54 bits per heavy atom. The maximum absolute atomic E-state index is 13.3. The van der Waals surface area contributed by atoms with E-state index in [1.807, 2.05) is 66.7 Å². The number of nitrogens with one attached hydrogen (secondary N) is 2. The quantitative estimate of drug-likeness (QED) is 0.306. The number of aromatic amines is 1. The molecule has 6 rings (SSSR count). The molecule has 1 amide bonds. The normalized spacial score (nSPS) is 17.6. The number of hydrogen-bond acceptors (Lipinski definition) is 4. The zero-order valence-corrected chi connectivity index (χ0v) is 21.7. The molecule has 3 aromatic carbocycles. The number of aromatic nitrogens is 2. The van der Waals surface area contributed by atoms with Gasteiger partial charge in [0.1, 0.15) is 11.9 Å². The third-order valence-corrected chi connectivity index (χ3v) is 7.89. The molecule has 2 N–H and O–H groups in total. The second-order valence-corrected chi connectivity index (χ2v) is 10.7. The molecule has 37 heavy (non-hydrogen) atoms. The summed E-state index contributed by atoms with van der Waals surface area (Å²) in [5, 5.41) is 12.5. The van der Waals surface area contributed by atoms with E-state index in [0.717, 1.165) is 72.2 Å². The van der Waals surface area contributed by atoms with Gasteiger partial charge < -0.3 is 15.0 Å². The first kappa shape index (κ1) is 24.0. The van der Waals surface area contributed by atoms with Gasteiger partial charge in [-0.2, -0.15) is 5.10 Å². The minimum absolute atomic E-state index is 0.0853. The van der Waals surface area contributed by atoms with Crippen molar-refractivity contribution in [3.05, 3.63) is 82.9 Å². The number of piperidine rings is 1. The molecule has 1 aromatic heterocycles. The largest absolute Gasteiger partial charge is 0.490 e. The van der Waals surface area contributed by atoms with Crippen LogP contribution in [0.1, 0.15) is 47.6 Å². The average molecular weight is 515 g/mol. The number of fused-ring (bicyclic) bond motifs is 1. The fourth-order valence-corrected chi connectivity index (χ4v) is 5.45. The number of carbonyl (C=O) groups excluding carboxylic acids is 1. The number of rotatable bonds is 7. The van der Waals surface area contributed by atoms with Gasteiger partial charge in [-0.05, 0) is 92.7 Å². The molecule has 2 aliphatic rings. The lowest BCUT2D eigenvalue weighted by atomic mass is 10.0. The van der Waals surface area contributed by atoms with Crippen molar-refractivity contribution in [1.82, 2.24) is 20.4 Å². The molecular formula is C30H31ClN4O2. The number of benzene rings is 3. The molecule has 0 radical (unpaired) electrons. The third-order valence-electron chi connectivity index (χ3n) is 7.54. The van der Waals surface area contributed by atoms with Crippen molar-refractivity contribution in [2.75, 3.05) is 20.1 Å². The smallest absolute Gasteiger partial charge is 0.251 e. The summed E-state index contributed by atoms with van der Waals surface area (Å²) in [5.74, 6) is 1.20. The van der Waals surface area contributed by atoms with E-state index < -0.39 is 0 Å². The standard InChI is InChI=1S/C30H31ClN4O2/c1-35-16-14-23(15-17-35)37-22-11-8-20(9-12-22)29-25-18-21(10-13-27(25)33-34-29)30(36)32-28(19-6-7-19)24-4-2-3-5-26(24)31/h2-5,8-13,18-19,23,28H,6-7,14-17H2,1H3,(H,32,36)(H,33,34). The molecule has 0 bridgehead atoms. The summed E-state index contributed by atoms with van der Waals surface area (Å²) in [6, 6.07) is 21.4. The highest BCUT2D eigenvalue weighted by atomic mass is 35.5. The zero-order valence-electron chi connectivity index (χ0n) is 20.9. The molecule has 1 saturated heterocycles. The molecule has 1 saturated carbocycles. The molecule has 4 aromatic rings. The zero-order chi connectivity index (χ0) is 25.4. The maximum Gasteiger partial charge on any atom is 0.251 e. The van der Waals surface area contributed by atoms with E-state index >= 15 is 0 Å². The van der Waals surface area contributed by atoms with Crippen LogP contribution >= 0.6 is 11.6 Å². The third kappa shape index (κ3) is 5.22. The van der Waals surface area contributed by atoms with Gasteiger partial charge in [-0.15, -0.1) is 0 Å². The Hall–Kier alpha value is -3.35. The van der Waals surface area contributed by atoms with Gasteiger partial charge in [0.2, 0.25) is 0 Å². The summed E-state index contributed by atoms with van der Waals surface area (Å²) in [4.78, 5) is 15.7. The van der Waals surface area contributed by atoms with Crippen molar-refractivity contribution in [1.29, 1.82) is 0 Å². The second-order valence-electron chi connectivity index (χ2n) is 10.3. The number of H-pyrrole nitrogens is 1. The van der Waals surface area contributed by atoms with Gasteiger partial charge in [0.05, 0.1) is 17.3 Å². The molecule has 1 aliphatic carbocycles. The number of carbonyl (C=O) groups is 1. The molecule has 1 aliphatic heterocycles. The van der Waals surface area contributed by atoms with E-state index in [1.54, 1.807) is 0 Å². The predicted octanol–water partition coefficient (Wildman–Crippen LogP) is 6.24. The van der Waals surface area contributed by atoms with E-state index in [2.05, 4.69) is 27.5 Å². The first-order valence-corrected chi connectivity index (χ1v) is 13.4. The van der Waals surface area contributed by atoms with Gasteiger partial charge >= 0.3 is 0 Å². The van der Waals surface area contributed by atoms with E-state index in [4.69, 9.17) is 16.3 Å². The summed E-state index contributed by atoms with van der Waals surface area (Å²) in [5.41, 5.74) is 4.28. The fourth-order valence-electron chi connectivity index (χ4n) is 5.19. The summed E-state index contributed by atoms with van der Waals surface area (Å²) in [6.45, 7) is 2.13. The van der Waals surface area contributed by atoms with Crippen LogP contribution in [0.3, 0.4) is 0 Å². The lowest BCUT2D eigenvalue weighted by molar-refractivity contribution is 0.0932. The van der Waals surface area contributed by atoms with Crippen molar-refractivity contribution in [2.24, 2.45) is 5.92 Å². The molecule has 2 heterocycles. The molecule has 0 spiro atoms. The van der Waals surface area contributed by atoms with E-state index in [9.17, 15) is 4.79 Å². The number of hydrogen-bond donors (Lipinski definition) is 2. The molecule has 7 heteroatoms. The fraction of sp³-hybridized carbons (Fsp3) is 0.333. The Kier molecular flexibility index (Phi) is 6.61. The summed E-state index contributed by atoms with van der Waals surface area (Å²) < 4.78 is 6.20. The molecular weight excluding hydrogens is 484 g/mol. The summed E-state index contributed by atoms with van der Waals surface area (Å²) >= 11 is 6.47. The van der Waals surface area contributed by atoms with Crippen LogP contribution in [0.5, 0.6) is 5.75 Å². The Balaban J connectivity index is 1.21. The highest BCUT2D eigenvalue weighted by molar-refractivity contribution is 6.31.